The van der Waals surface area contributed by atoms with Crippen LogP contribution in [-0.2, 0) is 9.59 Å². The van der Waals surface area contributed by atoms with E-state index >= 15 is 0 Å². The number of aliphatic carboxylic acids is 1. The van der Waals surface area contributed by atoms with Gasteiger partial charge in [0.1, 0.15) is 11.8 Å². The van der Waals surface area contributed by atoms with Crippen molar-refractivity contribution in [1.82, 2.24) is 5.32 Å². The van der Waals surface area contributed by atoms with Crippen LogP contribution in [0.1, 0.15) is 24.5 Å². The van der Waals surface area contributed by atoms with Crippen LogP contribution in [0.4, 0.5) is 0 Å². The molecule has 5 nitrogen and oxygen atoms in total. The minimum Gasteiger partial charge on any atom is -0.483 e. The number of amides is 1. The van der Waals surface area contributed by atoms with Crippen molar-refractivity contribution < 1.29 is 19.4 Å². The van der Waals surface area contributed by atoms with Gasteiger partial charge in [0, 0.05) is 0 Å². The molecule has 1 aromatic rings. The standard InChI is InChI=1S/C16H21NO4/c1-4-5-6-13(16(19)20)17-15(18)10-21-14-9-11(2)7-8-12(14)3/h4-5,7-9,13H,6,10H2,1-3H3,(H,17,18)(H,19,20)/b5-4+. The van der Waals surface area contributed by atoms with Gasteiger partial charge >= 0.3 is 5.97 Å². The normalized spacial score (nSPS) is 12.1. The summed E-state index contributed by atoms with van der Waals surface area (Å²) in [6.07, 6.45) is 3.69. The zero-order valence-corrected chi connectivity index (χ0v) is 12.6. The molecule has 114 valence electrons. The highest BCUT2D eigenvalue weighted by molar-refractivity contribution is 5.84. The summed E-state index contributed by atoms with van der Waals surface area (Å²) in [6, 6.07) is 4.78. The van der Waals surface area contributed by atoms with Gasteiger partial charge in [0.05, 0.1) is 0 Å². The van der Waals surface area contributed by atoms with Crippen LogP contribution in [0, 0.1) is 13.8 Å². The van der Waals surface area contributed by atoms with Crippen LogP contribution in [-0.4, -0.2) is 29.6 Å². The highest BCUT2D eigenvalue weighted by atomic mass is 16.5. The quantitative estimate of drug-likeness (QED) is 0.755. The fraction of sp³-hybridized carbons (Fsp3) is 0.375. The SMILES string of the molecule is C/C=C/CC(NC(=O)COc1cc(C)ccc1C)C(=O)O. The third-order valence-electron chi connectivity index (χ3n) is 2.94. The van der Waals surface area contributed by atoms with Gasteiger partial charge in [0.2, 0.25) is 0 Å². The molecular weight excluding hydrogens is 270 g/mol. The Hall–Kier alpha value is -2.30. The fourth-order valence-electron chi connectivity index (χ4n) is 1.74. The Bertz CT molecular complexity index is 537. The number of carboxylic acid groups (broad SMARTS) is 1. The van der Waals surface area contributed by atoms with E-state index in [1.54, 1.807) is 19.1 Å². The van der Waals surface area contributed by atoms with Gasteiger partial charge in [-0.25, -0.2) is 4.79 Å². The van der Waals surface area contributed by atoms with Gasteiger partial charge in [0.25, 0.3) is 5.91 Å². The number of nitrogens with one attached hydrogen (secondary N) is 1. The van der Waals surface area contributed by atoms with E-state index in [-0.39, 0.29) is 13.0 Å². The lowest BCUT2D eigenvalue weighted by Gasteiger charge is -2.14. The highest BCUT2D eigenvalue weighted by Gasteiger charge is 2.18. The van der Waals surface area contributed by atoms with E-state index in [1.165, 1.54) is 0 Å². The molecule has 0 aliphatic heterocycles. The van der Waals surface area contributed by atoms with Gasteiger partial charge in [-0.3, -0.25) is 4.79 Å². The Balaban J connectivity index is 2.56. The van der Waals surface area contributed by atoms with E-state index in [9.17, 15) is 9.59 Å². The van der Waals surface area contributed by atoms with E-state index in [2.05, 4.69) is 5.32 Å². The average molecular weight is 291 g/mol. The smallest absolute Gasteiger partial charge is 0.326 e. The molecule has 0 aliphatic carbocycles. The number of aryl methyl sites for hydroxylation is 2. The topological polar surface area (TPSA) is 75.6 Å². The molecule has 0 fully saturated rings. The van der Waals surface area contributed by atoms with Gasteiger partial charge in [-0.15, -0.1) is 0 Å². The first-order valence-corrected chi connectivity index (χ1v) is 6.77. The van der Waals surface area contributed by atoms with Crippen molar-refractivity contribution in [2.45, 2.75) is 33.2 Å². The number of hydrogen-bond acceptors (Lipinski definition) is 3. The van der Waals surface area contributed by atoms with Crippen molar-refractivity contribution in [3.8, 4) is 5.75 Å². The minimum absolute atomic E-state index is 0.204. The molecule has 1 rings (SSSR count). The lowest BCUT2D eigenvalue weighted by atomic mass is 10.1. The molecule has 0 saturated carbocycles. The van der Waals surface area contributed by atoms with Crippen molar-refractivity contribution in [2.24, 2.45) is 0 Å². The molecule has 1 atom stereocenters. The molecule has 2 N–H and O–H groups in total. The first-order valence-electron chi connectivity index (χ1n) is 6.77. The van der Waals surface area contributed by atoms with Crippen molar-refractivity contribution in [2.75, 3.05) is 6.61 Å². The Kier molecular flexibility index (Phi) is 6.46. The fourth-order valence-corrected chi connectivity index (χ4v) is 1.74. The number of carbonyl (C=O) groups excluding carboxylic acids is 1. The number of carbonyl (C=O) groups is 2. The summed E-state index contributed by atoms with van der Waals surface area (Å²) in [7, 11) is 0. The van der Waals surface area contributed by atoms with Crippen molar-refractivity contribution in [1.29, 1.82) is 0 Å². The number of ether oxygens (including phenoxy) is 1. The van der Waals surface area contributed by atoms with Crippen molar-refractivity contribution in [3.05, 3.63) is 41.5 Å². The predicted molar refractivity (Wildman–Crippen MR) is 80.4 cm³/mol. The first kappa shape index (κ1) is 16.8. The van der Waals surface area contributed by atoms with E-state index in [4.69, 9.17) is 9.84 Å². The second-order valence-electron chi connectivity index (χ2n) is 4.82. The summed E-state index contributed by atoms with van der Waals surface area (Å²) in [5, 5.41) is 11.5. The Morgan fingerprint density at radius 2 is 2.10 bits per heavy atom. The lowest BCUT2D eigenvalue weighted by molar-refractivity contribution is -0.142. The summed E-state index contributed by atoms with van der Waals surface area (Å²) >= 11 is 0. The summed E-state index contributed by atoms with van der Waals surface area (Å²) in [5.74, 6) is -0.883. The van der Waals surface area contributed by atoms with E-state index < -0.39 is 17.9 Å². The Morgan fingerprint density at radius 3 is 2.71 bits per heavy atom. The van der Waals surface area contributed by atoms with Gasteiger partial charge in [-0.2, -0.15) is 0 Å². The maximum atomic E-state index is 11.8. The third kappa shape index (κ3) is 5.69. The molecule has 0 saturated heterocycles. The predicted octanol–water partition coefficient (Wildman–Crippen LogP) is 2.22. The number of benzene rings is 1. The van der Waals surface area contributed by atoms with Crippen molar-refractivity contribution >= 4 is 11.9 Å². The Morgan fingerprint density at radius 1 is 1.38 bits per heavy atom. The molecule has 21 heavy (non-hydrogen) atoms. The molecule has 5 heteroatoms. The molecule has 0 heterocycles. The monoisotopic (exact) mass is 291 g/mol. The number of carboxylic acids is 1. The first-order chi connectivity index (χ1) is 9.93. The average Bonchev–Trinajstić information content (AvgIpc) is 2.44. The molecular formula is C16H21NO4. The van der Waals surface area contributed by atoms with Crippen LogP contribution < -0.4 is 10.1 Å². The molecule has 1 amide bonds. The zero-order chi connectivity index (χ0) is 15.8. The molecule has 0 aliphatic rings. The number of hydrogen-bond donors (Lipinski definition) is 2. The molecule has 0 radical (unpaired) electrons. The van der Waals surface area contributed by atoms with Crippen molar-refractivity contribution in [3.63, 3.8) is 0 Å². The van der Waals surface area contributed by atoms with Crippen LogP contribution in [0.25, 0.3) is 0 Å². The van der Waals surface area contributed by atoms with Crippen LogP contribution in [0.3, 0.4) is 0 Å². The van der Waals surface area contributed by atoms with E-state index in [0.717, 1.165) is 11.1 Å². The molecule has 0 bridgehead atoms. The maximum absolute atomic E-state index is 11.8. The van der Waals surface area contributed by atoms with E-state index in [0.29, 0.717) is 5.75 Å². The zero-order valence-electron chi connectivity index (χ0n) is 12.6. The van der Waals surface area contributed by atoms with Gasteiger partial charge in [-0.1, -0.05) is 24.3 Å². The molecule has 1 unspecified atom stereocenters. The minimum atomic E-state index is -1.06. The second kappa shape index (κ2) is 8.09. The summed E-state index contributed by atoms with van der Waals surface area (Å²) in [4.78, 5) is 22.8. The van der Waals surface area contributed by atoms with Crippen LogP contribution in [0.2, 0.25) is 0 Å². The molecule has 0 spiro atoms. The lowest BCUT2D eigenvalue weighted by Crippen LogP contribution is -2.42. The largest absolute Gasteiger partial charge is 0.483 e. The highest BCUT2D eigenvalue weighted by Crippen LogP contribution is 2.18. The number of allylic oxidation sites excluding steroid dienone is 1. The molecule has 0 aromatic heterocycles. The summed E-state index contributed by atoms with van der Waals surface area (Å²) < 4.78 is 5.44. The Labute approximate surface area is 124 Å². The summed E-state index contributed by atoms with van der Waals surface area (Å²) in [5.41, 5.74) is 1.96. The van der Waals surface area contributed by atoms with E-state index in [1.807, 2.05) is 32.0 Å². The van der Waals surface area contributed by atoms with Gasteiger partial charge < -0.3 is 15.2 Å². The summed E-state index contributed by atoms with van der Waals surface area (Å²) in [6.45, 7) is 5.41. The van der Waals surface area contributed by atoms with Crippen LogP contribution in [0.5, 0.6) is 5.75 Å². The van der Waals surface area contributed by atoms with Crippen LogP contribution in [0.15, 0.2) is 30.4 Å². The van der Waals surface area contributed by atoms with Crippen LogP contribution >= 0.6 is 0 Å². The van der Waals surface area contributed by atoms with Gasteiger partial charge in [-0.05, 0) is 44.4 Å². The van der Waals surface area contributed by atoms with Gasteiger partial charge in [0.15, 0.2) is 6.61 Å². The molecule has 1 aromatic carbocycles. The third-order valence-corrected chi connectivity index (χ3v) is 2.94. The second-order valence-corrected chi connectivity index (χ2v) is 4.82. The maximum Gasteiger partial charge on any atom is 0.326 e. The number of rotatable bonds is 7.